The fraction of sp³-hybridized carbons (Fsp3) is 0.333. The SMILES string of the molecule is CCNC(c1cc(OC)cs1)c1cc(Br)sc1Br. The van der Waals surface area contributed by atoms with Gasteiger partial charge in [-0.25, -0.2) is 0 Å². The van der Waals surface area contributed by atoms with Crippen LogP contribution in [0.3, 0.4) is 0 Å². The lowest BCUT2D eigenvalue weighted by Gasteiger charge is -2.15. The Bertz CT molecular complexity index is 524. The van der Waals surface area contributed by atoms with E-state index in [4.69, 9.17) is 4.74 Å². The zero-order chi connectivity index (χ0) is 13.1. The summed E-state index contributed by atoms with van der Waals surface area (Å²) in [5.74, 6) is 0.920. The van der Waals surface area contributed by atoms with E-state index >= 15 is 0 Å². The van der Waals surface area contributed by atoms with Crippen molar-refractivity contribution in [3.63, 3.8) is 0 Å². The monoisotopic (exact) mass is 409 g/mol. The smallest absolute Gasteiger partial charge is 0.129 e. The van der Waals surface area contributed by atoms with E-state index in [1.165, 1.54) is 10.4 Å². The molecule has 0 aliphatic carbocycles. The maximum atomic E-state index is 5.26. The van der Waals surface area contributed by atoms with Crippen LogP contribution in [-0.4, -0.2) is 13.7 Å². The van der Waals surface area contributed by atoms with Crippen molar-refractivity contribution < 1.29 is 4.74 Å². The Labute approximate surface area is 132 Å². The maximum absolute atomic E-state index is 5.26. The third-order valence-electron chi connectivity index (χ3n) is 2.52. The average Bonchev–Trinajstić information content (AvgIpc) is 2.93. The van der Waals surface area contributed by atoms with E-state index < -0.39 is 0 Å². The minimum Gasteiger partial charge on any atom is -0.496 e. The molecule has 2 rings (SSSR count). The molecule has 0 aliphatic heterocycles. The van der Waals surface area contributed by atoms with Crippen molar-refractivity contribution >= 4 is 54.5 Å². The summed E-state index contributed by atoms with van der Waals surface area (Å²) in [6, 6.07) is 4.46. The zero-order valence-corrected chi connectivity index (χ0v) is 14.8. The Morgan fingerprint density at radius 1 is 1.39 bits per heavy atom. The molecule has 98 valence electrons. The molecule has 2 nitrogen and oxygen atoms in total. The van der Waals surface area contributed by atoms with Gasteiger partial charge in [0.25, 0.3) is 0 Å². The number of rotatable bonds is 5. The van der Waals surface area contributed by atoms with Crippen LogP contribution < -0.4 is 10.1 Å². The molecule has 0 saturated heterocycles. The summed E-state index contributed by atoms with van der Waals surface area (Å²) < 4.78 is 7.55. The molecular formula is C12H13Br2NOS2. The molecule has 0 fully saturated rings. The first kappa shape index (κ1) is 14.5. The Morgan fingerprint density at radius 3 is 2.67 bits per heavy atom. The van der Waals surface area contributed by atoms with Gasteiger partial charge in [-0.3, -0.25) is 0 Å². The molecule has 0 spiro atoms. The first-order chi connectivity index (χ1) is 8.65. The molecule has 2 heterocycles. The van der Waals surface area contributed by atoms with E-state index in [1.807, 2.05) is 5.38 Å². The highest BCUT2D eigenvalue weighted by Crippen LogP contribution is 2.40. The van der Waals surface area contributed by atoms with Gasteiger partial charge in [0.05, 0.1) is 20.7 Å². The van der Waals surface area contributed by atoms with Crippen molar-refractivity contribution in [1.29, 1.82) is 0 Å². The highest BCUT2D eigenvalue weighted by Gasteiger charge is 2.20. The van der Waals surface area contributed by atoms with Gasteiger partial charge in [0.1, 0.15) is 5.75 Å². The van der Waals surface area contributed by atoms with Gasteiger partial charge in [-0.1, -0.05) is 6.92 Å². The van der Waals surface area contributed by atoms with Crippen LogP contribution in [0.2, 0.25) is 0 Å². The summed E-state index contributed by atoms with van der Waals surface area (Å²) in [6.07, 6.45) is 0. The van der Waals surface area contributed by atoms with Gasteiger partial charge in [-0.2, -0.15) is 0 Å². The van der Waals surface area contributed by atoms with Gasteiger partial charge in [0.2, 0.25) is 0 Å². The highest BCUT2D eigenvalue weighted by atomic mass is 79.9. The lowest BCUT2D eigenvalue weighted by Crippen LogP contribution is -2.20. The topological polar surface area (TPSA) is 21.3 Å². The van der Waals surface area contributed by atoms with Gasteiger partial charge in [0, 0.05) is 15.8 Å². The van der Waals surface area contributed by atoms with Crippen molar-refractivity contribution in [2.45, 2.75) is 13.0 Å². The standard InChI is InChI=1S/C12H13Br2NOS2/c1-3-15-11(8-5-10(13)18-12(8)14)9-4-7(16-2)6-17-9/h4-6,11,15H,3H2,1-2H3. The minimum absolute atomic E-state index is 0.209. The number of hydrogen-bond acceptors (Lipinski definition) is 4. The molecule has 2 aromatic rings. The molecule has 1 N–H and O–H groups in total. The fourth-order valence-electron chi connectivity index (χ4n) is 1.71. The normalized spacial score (nSPS) is 12.7. The maximum Gasteiger partial charge on any atom is 0.129 e. The summed E-state index contributed by atoms with van der Waals surface area (Å²) in [6.45, 7) is 3.04. The van der Waals surface area contributed by atoms with Crippen LogP contribution in [0.15, 0.2) is 25.1 Å². The summed E-state index contributed by atoms with van der Waals surface area (Å²) in [4.78, 5) is 1.26. The summed E-state index contributed by atoms with van der Waals surface area (Å²) in [5, 5.41) is 5.55. The average molecular weight is 411 g/mol. The molecule has 0 saturated carbocycles. The van der Waals surface area contributed by atoms with Crippen LogP contribution in [0.25, 0.3) is 0 Å². The largest absolute Gasteiger partial charge is 0.496 e. The lowest BCUT2D eigenvalue weighted by atomic mass is 10.1. The Hall–Kier alpha value is 0.120. The first-order valence-electron chi connectivity index (χ1n) is 5.46. The number of halogens is 2. The fourth-order valence-corrected chi connectivity index (χ4v) is 5.56. The van der Waals surface area contributed by atoms with E-state index in [2.05, 4.69) is 56.2 Å². The summed E-state index contributed by atoms with van der Waals surface area (Å²) in [7, 11) is 1.70. The van der Waals surface area contributed by atoms with Crippen LogP contribution in [0, 0.1) is 0 Å². The van der Waals surface area contributed by atoms with Crippen LogP contribution in [-0.2, 0) is 0 Å². The minimum atomic E-state index is 0.209. The van der Waals surface area contributed by atoms with Crippen molar-refractivity contribution in [2.24, 2.45) is 0 Å². The predicted octanol–water partition coefficient (Wildman–Crippen LogP) is 5.04. The second-order valence-corrected chi connectivity index (χ2v) is 8.35. The molecule has 1 unspecified atom stereocenters. The summed E-state index contributed by atoms with van der Waals surface area (Å²) >= 11 is 10.6. The molecule has 6 heteroatoms. The molecule has 0 aromatic carbocycles. The van der Waals surface area contributed by atoms with Crippen LogP contribution in [0.4, 0.5) is 0 Å². The molecule has 18 heavy (non-hydrogen) atoms. The second-order valence-electron chi connectivity index (χ2n) is 3.66. The Balaban J connectivity index is 2.36. The van der Waals surface area contributed by atoms with Gasteiger partial charge in [-0.15, -0.1) is 22.7 Å². The zero-order valence-electron chi connectivity index (χ0n) is 10.00. The summed E-state index contributed by atoms with van der Waals surface area (Å²) in [5.41, 5.74) is 1.26. The number of thiophene rings is 2. The van der Waals surface area contributed by atoms with Crippen LogP contribution >= 0.6 is 54.5 Å². The molecular weight excluding hydrogens is 398 g/mol. The molecule has 0 radical (unpaired) electrons. The van der Waals surface area contributed by atoms with E-state index in [0.29, 0.717) is 0 Å². The van der Waals surface area contributed by atoms with Crippen molar-refractivity contribution in [3.8, 4) is 5.75 Å². The van der Waals surface area contributed by atoms with Gasteiger partial charge >= 0.3 is 0 Å². The molecule has 2 aromatic heterocycles. The van der Waals surface area contributed by atoms with Gasteiger partial charge in [-0.05, 0) is 50.5 Å². The first-order valence-corrected chi connectivity index (χ1v) is 8.74. The second kappa shape index (κ2) is 6.52. The van der Waals surface area contributed by atoms with Crippen molar-refractivity contribution in [3.05, 3.63) is 35.5 Å². The number of hydrogen-bond donors (Lipinski definition) is 1. The van der Waals surface area contributed by atoms with E-state index in [9.17, 15) is 0 Å². The van der Waals surface area contributed by atoms with E-state index in [0.717, 1.165) is 19.9 Å². The highest BCUT2D eigenvalue weighted by molar-refractivity contribution is 9.12. The van der Waals surface area contributed by atoms with E-state index in [-0.39, 0.29) is 6.04 Å². The van der Waals surface area contributed by atoms with Crippen molar-refractivity contribution in [2.75, 3.05) is 13.7 Å². The molecule has 0 bridgehead atoms. The third kappa shape index (κ3) is 3.17. The predicted molar refractivity (Wildman–Crippen MR) is 86.1 cm³/mol. The Morgan fingerprint density at radius 2 is 2.17 bits per heavy atom. The van der Waals surface area contributed by atoms with Crippen LogP contribution in [0.1, 0.15) is 23.4 Å². The number of methoxy groups -OCH3 is 1. The third-order valence-corrected chi connectivity index (χ3v) is 5.88. The van der Waals surface area contributed by atoms with Gasteiger partial charge < -0.3 is 10.1 Å². The quantitative estimate of drug-likeness (QED) is 0.745. The van der Waals surface area contributed by atoms with Gasteiger partial charge in [0.15, 0.2) is 0 Å². The molecule has 0 amide bonds. The Kier molecular flexibility index (Phi) is 5.26. The number of nitrogens with one attached hydrogen (secondary N) is 1. The van der Waals surface area contributed by atoms with Crippen molar-refractivity contribution in [1.82, 2.24) is 5.32 Å². The lowest BCUT2D eigenvalue weighted by molar-refractivity contribution is 0.416. The number of ether oxygens (including phenoxy) is 1. The van der Waals surface area contributed by atoms with E-state index in [1.54, 1.807) is 29.8 Å². The van der Waals surface area contributed by atoms with Crippen LogP contribution in [0.5, 0.6) is 5.75 Å². The molecule has 1 atom stereocenters. The molecule has 0 aliphatic rings.